The highest BCUT2D eigenvalue weighted by Gasteiger charge is 2.19. The van der Waals surface area contributed by atoms with Gasteiger partial charge in [0, 0.05) is 13.1 Å². The Morgan fingerprint density at radius 1 is 1.35 bits per heavy atom. The zero-order valence-corrected chi connectivity index (χ0v) is 11.8. The van der Waals surface area contributed by atoms with Crippen LogP contribution in [0.4, 0.5) is 0 Å². The molecule has 1 aliphatic heterocycles. The van der Waals surface area contributed by atoms with E-state index in [-0.39, 0.29) is 6.79 Å². The van der Waals surface area contributed by atoms with Gasteiger partial charge in [0.1, 0.15) is 0 Å². The third kappa shape index (κ3) is 3.88. The lowest BCUT2D eigenvalue weighted by Crippen LogP contribution is -2.19. The van der Waals surface area contributed by atoms with Crippen LogP contribution in [0, 0.1) is 0 Å². The molecule has 0 atom stereocenters. The number of hydrogen-bond acceptors (Lipinski definition) is 5. The molecule has 1 aromatic carbocycles. The second-order valence-corrected chi connectivity index (χ2v) is 4.40. The molecule has 0 bridgehead atoms. The van der Waals surface area contributed by atoms with Gasteiger partial charge in [0.15, 0.2) is 11.5 Å². The van der Waals surface area contributed by atoms with E-state index in [2.05, 4.69) is 11.9 Å². The predicted octanol–water partition coefficient (Wildman–Crippen LogP) is 2.11. The van der Waals surface area contributed by atoms with Gasteiger partial charge in [-0.25, -0.2) is 0 Å². The van der Waals surface area contributed by atoms with Crippen molar-refractivity contribution in [3.8, 4) is 17.2 Å². The number of fused-ring (bicyclic) bond motifs is 1. The quantitative estimate of drug-likeness (QED) is 0.554. The molecule has 20 heavy (non-hydrogen) atoms. The molecule has 5 nitrogen and oxygen atoms in total. The van der Waals surface area contributed by atoms with Crippen LogP contribution in [0.1, 0.15) is 12.0 Å². The molecule has 1 aromatic rings. The topological polar surface area (TPSA) is 49.0 Å². The van der Waals surface area contributed by atoms with E-state index < -0.39 is 0 Å². The summed E-state index contributed by atoms with van der Waals surface area (Å²) in [5, 5.41) is 3.32. The average Bonchev–Trinajstić information content (AvgIpc) is 2.93. The molecule has 0 spiro atoms. The molecule has 1 heterocycles. The van der Waals surface area contributed by atoms with Crippen LogP contribution in [0.3, 0.4) is 0 Å². The Kier molecular flexibility index (Phi) is 5.70. The fourth-order valence-electron chi connectivity index (χ4n) is 1.93. The SMILES string of the molecule is C=CCCOCCNCc1cc(OC)c2c(c1)OCO2. The van der Waals surface area contributed by atoms with Gasteiger partial charge in [0.05, 0.1) is 20.3 Å². The minimum absolute atomic E-state index is 0.250. The van der Waals surface area contributed by atoms with Gasteiger partial charge in [-0.05, 0) is 24.1 Å². The molecule has 0 fully saturated rings. The highest BCUT2D eigenvalue weighted by molar-refractivity contribution is 5.55. The van der Waals surface area contributed by atoms with Gasteiger partial charge in [-0.15, -0.1) is 6.58 Å². The van der Waals surface area contributed by atoms with Crippen molar-refractivity contribution in [1.82, 2.24) is 5.32 Å². The van der Waals surface area contributed by atoms with E-state index >= 15 is 0 Å². The molecule has 0 saturated heterocycles. The van der Waals surface area contributed by atoms with Crippen molar-refractivity contribution < 1.29 is 18.9 Å². The summed E-state index contributed by atoms with van der Waals surface area (Å²) in [5.41, 5.74) is 1.09. The van der Waals surface area contributed by atoms with Gasteiger partial charge in [0.2, 0.25) is 12.5 Å². The molecule has 110 valence electrons. The highest BCUT2D eigenvalue weighted by Crippen LogP contribution is 2.41. The van der Waals surface area contributed by atoms with E-state index in [4.69, 9.17) is 18.9 Å². The van der Waals surface area contributed by atoms with Crippen molar-refractivity contribution in [3.05, 3.63) is 30.4 Å². The molecule has 5 heteroatoms. The average molecular weight is 279 g/mol. The summed E-state index contributed by atoms with van der Waals surface area (Å²) in [7, 11) is 1.63. The number of nitrogens with one attached hydrogen (secondary N) is 1. The smallest absolute Gasteiger partial charge is 0.231 e. The van der Waals surface area contributed by atoms with Gasteiger partial charge in [-0.3, -0.25) is 0 Å². The Morgan fingerprint density at radius 2 is 2.25 bits per heavy atom. The molecule has 2 rings (SSSR count). The van der Waals surface area contributed by atoms with Crippen molar-refractivity contribution in [2.45, 2.75) is 13.0 Å². The lowest BCUT2D eigenvalue weighted by Gasteiger charge is -2.09. The maximum atomic E-state index is 5.43. The van der Waals surface area contributed by atoms with Crippen LogP contribution in [-0.4, -0.2) is 33.7 Å². The van der Waals surface area contributed by atoms with E-state index in [0.29, 0.717) is 18.1 Å². The molecule has 0 aliphatic carbocycles. The Morgan fingerprint density at radius 3 is 3.05 bits per heavy atom. The summed E-state index contributed by atoms with van der Waals surface area (Å²) in [4.78, 5) is 0. The fourth-order valence-corrected chi connectivity index (χ4v) is 1.93. The largest absolute Gasteiger partial charge is 0.493 e. The van der Waals surface area contributed by atoms with Crippen LogP contribution in [0.2, 0.25) is 0 Å². The summed E-state index contributed by atoms with van der Waals surface area (Å²) in [5.74, 6) is 2.13. The van der Waals surface area contributed by atoms with Gasteiger partial charge >= 0.3 is 0 Å². The van der Waals surface area contributed by atoms with E-state index in [0.717, 1.165) is 37.4 Å². The normalized spacial score (nSPS) is 12.4. The first kappa shape index (κ1) is 14.7. The number of methoxy groups -OCH3 is 1. The predicted molar refractivity (Wildman–Crippen MR) is 76.5 cm³/mol. The highest BCUT2D eigenvalue weighted by atomic mass is 16.7. The first-order valence-corrected chi connectivity index (χ1v) is 6.71. The fraction of sp³-hybridized carbons (Fsp3) is 0.467. The molecule has 1 N–H and O–H groups in total. The standard InChI is InChI=1S/C15H21NO4/c1-3-4-6-18-7-5-16-10-12-8-13(17-2)15-14(9-12)19-11-20-15/h3,8-9,16H,1,4-7,10-11H2,2H3. The van der Waals surface area contributed by atoms with Gasteiger partial charge in [-0.1, -0.05) is 6.08 Å². The molecule has 0 unspecified atom stereocenters. The van der Waals surface area contributed by atoms with Crippen molar-refractivity contribution in [2.75, 3.05) is 33.7 Å². The second-order valence-electron chi connectivity index (χ2n) is 4.40. The summed E-state index contributed by atoms with van der Waals surface area (Å²) >= 11 is 0. The van der Waals surface area contributed by atoms with Crippen molar-refractivity contribution >= 4 is 0 Å². The van der Waals surface area contributed by atoms with Crippen molar-refractivity contribution in [2.24, 2.45) is 0 Å². The van der Waals surface area contributed by atoms with Gasteiger partial charge in [-0.2, -0.15) is 0 Å². The Bertz CT molecular complexity index is 448. The second kappa shape index (κ2) is 7.77. The maximum Gasteiger partial charge on any atom is 0.231 e. The van der Waals surface area contributed by atoms with Gasteiger partial charge in [0.25, 0.3) is 0 Å². The van der Waals surface area contributed by atoms with Crippen LogP contribution in [0.5, 0.6) is 17.2 Å². The van der Waals surface area contributed by atoms with Crippen LogP contribution < -0.4 is 19.5 Å². The zero-order chi connectivity index (χ0) is 14.2. The Labute approximate surface area is 119 Å². The number of hydrogen-bond donors (Lipinski definition) is 1. The molecule has 0 saturated carbocycles. The summed E-state index contributed by atoms with van der Waals surface area (Å²) < 4.78 is 21.5. The Hall–Kier alpha value is -1.72. The molecular formula is C15H21NO4. The van der Waals surface area contributed by atoms with Crippen LogP contribution >= 0.6 is 0 Å². The first-order chi connectivity index (χ1) is 9.85. The van der Waals surface area contributed by atoms with Gasteiger partial charge < -0.3 is 24.3 Å². The van der Waals surface area contributed by atoms with E-state index in [1.807, 2.05) is 18.2 Å². The van der Waals surface area contributed by atoms with Crippen LogP contribution in [-0.2, 0) is 11.3 Å². The zero-order valence-electron chi connectivity index (χ0n) is 11.8. The summed E-state index contributed by atoms with van der Waals surface area (Å²) in [6.45, 7) is 6.85. The van der Waals surface area contributed by atoms with Crippen LogP contribution in [0.15, 0.2) is 24.8 Å². The first-order valence-electron chi connectivity index (χ1n) is 6.71. The third-order valence-corrected chi connectivity index (χ3v) is 2.94. The molecule has 1 aliphatic rings. The minimum Gasteiger partial charge on any atom is -0.493 e. The number of rotatable bonds is 9. The molecule has 0 amide bonds. The summed E-state index contributed by atoms with van der Waals surface area (Å²) in [6, 6.07) is 3.93. The molecule has 0 radical (unpaired) electrons. The lowest BCUT2D eigenvalue weighted by molar-refractivity contribution is 0.140. The monoisotopic (exact) mass is 279 g/mol. The minimum atomic E-state index is 0.250. The lowest BCUT2D eigenvalue weighted by atomic mass is 10.2. The van der Waals surface area contributed by atoms with E-state index in [1.165, 1.54) is 0 Å². The van der Waals surface area contributed by atoms with Crippen LogP contribution in [0.25, 0.3) is 0 Å². The number of benzene rings is 1. The molecular weight excluding hydrogens is 258 g/mol. The van der Waals surface area contributed by atoms with E-state index in [1.54, 1.807) is 7.11 Å². The third-order valence-electron chi connectivity index (χ3n) is 2.94. The molecule has 0 aromatic heterocycles. The van der Waals surface area contributed by atoms with E-state index in [9.17, 15) is 0 Å². The summed E-state index contributed by atoms with van der Waals surface area (Å²) in [6.07, 6.45) is 2.74. The number of ether oxygens (including phenoxy) is 4. The Balaban J connectivity index is 1.77. The van der Waals surface area contributed by atoms with Crippen molar-refractivity contribution in [1.29, 1.82) is 0 Å². The van der Waals surface area contributed by atoms with Crippen molar-refractivity contribution in [3.63, 3.8) is 0 Å². The maximum absolute atomic E-state index is 5.43.